The fraction of sp³-hybridized carbons (Fsp3) is 0.462. The summed E-state index contributed by atoms with van der Waals surface area (Å²) in [7, 11) is 0. The minimum atomic E-state index is -1.17. The normalized spacial score (nSPS) is 14.1. The maximum Gasteiger partial charge on any atom is 0.311 e. The molecule has 0 saturated carbocycles. The highest BCUT2D eigenvalue weighted by molar-refractivity contribution is 5.73. The summed E-state index contributed by atoms with van der Waals surface area (Å²) in [6.45, 7) is 3.70. The first kappa shape index (κ1) is 13.6. The molecule has 0 saturated heterocycles. The summed E-state index contributed by atoms with van der Waals surface area (Å²) >= 11 is 0. The highest BCUT2D eigenvalue weighted by atomic mass is 19.1. The largest absolute Gasteiger partial charge is 0.466 e. The van der Waals surface area contributed by atoms with Crippen LogP contribution in [0.4, 0.5) is 4.39 Å². The molecule has 94 valence electrons. The van der Waals surface area contributed by atoms with Gasteiger partial charge in [-0.15, -0.1) is 0 Å². The Labute approximate surface area is 100 Å². The van der Waals surface area contributed by atoms with Crippen molar-refractivity contribution < 1.29 is 19.0 Å². The molecular formula is C13H17FO3. The second-order valence-corrected chi connectivity index (χ2v) is 3.73. The van der Waals surface area contributed by atoms with E-state index < -0.39 is 23.8 Å². The molecule has 17 heavy (non-hydrogen) atoms. The number of esters is 1. The zero-order valence-corrected chi connectivity index (χ0v) is 10.0. The Hall–Kier alpha value is -1.42. The van der Waals surface area contributed by atoms with Crippen LogP contribution in [0.25, 0.3) is 0 Å². The van der Waals surface area contributed by atoms with Gasteiger partial charge in [-0.25, -0.2) is 4.39 Å². The summed E-state index contributed by atoms with van der Waals surface area (Å²) in [6, 6.07) is 5.90. The Morgan fingerprint density at radius 3 is 2.59 bits per heavy atom. The number of aliphatic hydroxyl groups excluding tert-OH is 1. The predicted molar refractivity (Wildman–Crippen MR) is 61.8 cm³/mol. The molecule has 3 nitrogen and oxygen atoms in total. The fourth-order valence-corrected chi connectivity index (χ4v) is 1.70. The summed E-state index contributed by atoms with van der Waals surface area (Å²) in [6.07, 6.45) is -0.769. The molecule has 1 N–H and O–H groups in total. The van der Waals surface area contributed by atoms with Crippen molar-refractivity contribution in [3.63, 3.8) is 0 Å². The number of benzene rings is 1. The van der Waals surface area contributed by atoms with Crippen LogP contribution < -0.4 is 0 Å². The van der Waals surface area contributed by atoms with Gasteiger partial charge in [-0.1, -0.05) is 25.1 Å². The van der Waals surface area contributed by atoms with Crippen molar-refractivity contribution in [1.82, 2.24) is 0 Å². The van der Waals surface area contributed by atoms with Crippen LogP contribution in [-0.4, -0.2) is 17.7 Å². The number of carbonyl (C=O) groups is 1. The van der Waals surface area contributed by atoms with Gasteiger partial charge in [0.15, 0.2) is 0 Å². The van der Waals surface area contributed by atoms with Crippen LogP contribution in [0.1, 0.15) is 31.9 Å². The van der Waals surface area contributed by atoms with E-state index in [9.17, 15) is 14.3 Å². The maximum absolute atomic E-state index is 13.5. The Balaban J connectivity index is 2.90. The van der Waals surface area contributed by atoms with Gasteiger partial charge in [0.2, 0.25) is 0 Å². The number of carbonyl (C=O) groups excluding carboxylic acids is 1. The molecule has 1 aromatic carbocycles. The Morgan fingerprint density at radius 1 is 1.41 bits per heavy atom. The van der Waals surface area contributed by atoms with Crippen LogP contribution in [0.3, 0.4) is 0 Å². The third-order valence-corrected chi connectivity index (χ3v) is 2.63. The molecule has 0 fully saturated rings. The Bertz CT molecular complexity index is 379. The molecule has 0 heterocycles. The molecule has 0 aliphatic heterocycles. The van der Waals surface area contributed by atoms with E-state index in [0.717, 1.165) is 0 Å². The number of rotatable bonds is 5. The number of hydrogen-bond acceptors (Lipinski definition) is 3. The SMILES string of the molecule is CCOC(=O)C(CC)C(O)c1ccccc1F. The van der Waals surface area contributed by atoms with Crippen molar-refractivity contribution in [3.05, 3.63) is 35.6 Å². The van der Waals surface area contributed by atoms with E-state index in [1.165, 1.54) is 18.2 Å². The minimum Gasteiger partial charge on any atom is -0.466 e. The van der Waals surface area contributed by atoms with Gasteiger partial charge < -0.3 is 9.84 Å². The standard InChI is InChI=1S/C13H17FO3/c1-3-9(13(16)17-4-2)12(15)10-7-5-6-8-11(10)14/h5-9,12,15H,3-4H2,1-2H3. The van der Waals surface area contributed by atoms with Crippen LogP contribution in [-0.2, 0) is 9.53 Å². The van der Waals surface area contributed by atoms with Crippen LogP contribution in [0.15, 0.2) is 24.3 Å². The molecule has 0 amide bonds. The topological polar surface area (TPSA) is 46.5 Å². The number of halogens is 1. The maximum atomic E-state index is 13.5. The molecule has 0 aliphatic carbocycles. The van der Waals surface area contributed by atoms with Gasteiger partial charge in [-0.2, -0.15) is 0 Å². The highest BCUT2D eigenvalue weighted by Gasteiger charge is 2.29. The number of aliphatic hydroxyl groups is 1. The molecule has 2 atom stereocenters. The predicted octanol–water partition coefficient (Wildman–Crippen LogP) is 2.45. The third-order valence-electron chi connectivity index (χ3n) is 2.63. The van der Waals surface area contributed by atoms with Crippen LogP contribution in [0.2, 0.25) is 0 Å². The average molecular weight is 240 g/mol. The van der Waals surface area contributed by atoms with E-state index in [1.54, 1.807) is 19.9 Å². The van der Waals surface area contributed by atoms with Crippen LogP contribution >= 0.6 is 0 Å². The second kappa shape index (κ2) is 6.35. The first-order valence-corrected chi connectivity index (χ1v) is 5.70. The zero-order chi connectivity index (χ0) is 12.8. The van der Waals surface area contributed by atoms with Gasteiger partial charge in [-0.3, -0.25) is 4.79 Å². The molecule has 0 radical (unpaired) electrons. The lowest BCUT2D eigenvalue weighted by Gasteiger charge is -2.20. The highest BCUT2D eigenvalue weighted by Crippen LogP contribution is 2.27. The van der Waals surface area contributed by atoms with Crippen molar-refractivity contribution >= 4 is 5.97 Å². The average Bonchev–Trinajstić information content (AvgIpc) is 2.30. The molecule has 0 spiro atoms. The van der Waals surface area contributed by atoms with E-state index in [1.807, 2.05) is 0 Å². The first-order chi connectivity index (χ1) is 8.11. The molecule has 0 aromatic heterocycles. The fourth-order valence-electron chi connectivity index (χ4n) is 1.70. The van der Waals surface area contributed by atoms with E-state index >= 15 is 0 Å². The zero-order valence-electron chi connectivity index (χ0n) is 10.0. The van der Waals surface area contributed by atoms with E-state index in [2.05, 4.69) is 0 Å². The quantitative estimate of drug-likeness (QED) is 0.804. The number of hydrogen-bond donors (Lipinski definition) is 1. The van der Waals surface area contributed by atoms with Crippen molar-refractivity contribution in [1.29, 1.82) is 0 Å². The molecule has 2 unspecified atom stereocenters. The summed E-state index contributed by atoms with van der Waals surface area (Å²) < 4.78 is 18.3. The Kier molecular flexibility index (Phi) is 5.10. The molecular weight excluding hydrogens is 223 g/mol. The van der Waals surface area contributed by atoms with E-state index in [-0.39, 0.29) is 12.2 Å². The summed E-state index contributed by atoms with van der Waals surface area (Å²) in [5.74, 6) is -1.74. The first-order valence-electron chi connectivity index (χ1n) is 5.70. The minimum absolute atomic E-state index is 0.132. The molecule has 1 rings (SSSR count). The monoisotopic (exact) mass is 240 g/mol. The lowest BCUT2D eigenvalue weighted by molar-refractivity contribution is -0.152. The van der Waals surface area contributed by atoms with Crippen LogP contribution in [0.5, 0.6) is 0 Å². The van der Waals surface area contributed by atoms with Crippen molar-refractivity contribution in [2.24, 2.45) is 5.92 Å². The summed E-state index contributed by atoms with van der Waals surface area (Å²) in [4.78, 5) is 11.6. The smallest absolute Gasteiger partial charge is 0.311 e. The third kappa shape index (κ3) is 3.27. The van der Waals surface area contributed by atoms with Gasteiger partial charge in [0.05, 0.1) is 18.6 Å². The molecule has 0 bridgehead atoms. The van der Waals surface area contributed by atoms with E-state index in [0.29, 0.717) is 6.42 Å². The van der Waals surface area contributed by atoms with Gasteiger partial charge in [0.25, 0.3) is 0 Å². The van der Waals surface area contributed by atoms with Crippen molar-refractivity contribution in [3.8, 4) is 0 Å². The summed E-state index contributed by atoms with van der Waals surface area (Å²) in [5.41, 5.74) is 0.132. The van der Waals surface area contributed by atoms with Gasteiger partial charge in [0.1, 0.15) is 5.82 Å². The molecule has 0 aliphatic rings. The van der Waals surface area contributed by atoms with Crippen LogP contribution in [0, 0.1) is 11.7 Å². The number of ether oxygens (including phenoxy) is 1. The van der Waals surface area contributed by atoms with Crippen molar-refractivity contribution in [2.45, 2.75) is 26.4 Å². The Morgan fingerprint density at radius 2 is 2.06 bits per heavy atom. The van der Waals surface area contributed by atoms with Gasteiger partial charge in [-0.05, 0) is 19.4 Å². The molecule has 4 heteroatoms. The van der Waals surface area contributed by atoms with E-state index in [4.69, 9.17) is 4.74 Å². The second-order valence-electron chi connectivity index (χ2n) is 3.73. The molecule has 1 aromatic rings. The lowest BCUT2D eigenvalue weighted by Crippen LogP contribution is -2.24. The van der Waals surface area contributed by atoms with Gasteiger partial charge >= 0.3 is 5.97 Å². The summed E-state index contributed by atoms with van der Waals surface area (Å²) in [5, 5.41) is 10.0. The van der Waals surface area contributed by atoms with Crippen molar-refractivity contribution in [2.75, 3.05) is 6.61 Å². The lowest BCUT2D eigenvalue weighted by atomic mass is 9.93. The van der Waals surface area contributed by atoms with Gasteiger partial charge in [0, 0.05) is 5.56 Å².